The Balaban J connectivity index is 1.40. The van der Waals surface area contributed by atoms with E-state index in [1.54, 1.807) is 0 Å². The van der Waals surface area contributed by atoms with Gasteiger partial charge in [0, 0.05) is 31.6 Å². The highest BCUT2D eigenvalue weighted by atomic mass is 16.7. The number of amides is 1. The molecule has 5 nitrogen and oxygen atoms in total. The minimum absolute atomic E-state index is 0.0811. The standard InChI is InChI=1S/C21H29NO4/c23-20(8-5-16-3-1-2-4-16)22-14-21(9-11-24-12-10-21)17-6-7-18-19(13-17)26-15-25-18/h6-7,13,16H,1-5,8-12,14-15H2,(H,22,23). The van der Waals surface area contributed by atoms with Crippen LogP contribution < -0.4 is 14.8 Å². The van der Waals surface area contributed by atoms with Crippen molar-refractivity contribution in [1.29, 1.82) is 0 Å². The van der Waals surface area contributed by atoms with Gasteiger partial charge < -0.3 is 19.5 Å². The molecule has 0 radical (unpaired) electrons. The van der Waals surface area contributed by atoms with E-state index in [4.69, 9.17) is 14.2 Å². The number of hydrogen-bond acceptors (Lipinski definition) is 4. The molecule has 0 atom stereocenters. The van der Waals surface area contributed by atoms with Crippen molar-refractivity contribution in [3.63, 3.8) is 0 Å². The predicted molar refractivity (Wildman–Crippen MR) is 98.5 cm³/mol. The highest BCUT2D eigenvalue weighted by molar-refractivity contribution is 5.76. The average molecular weight is 359 g/mol. The van der Waals surface area contributed by atoms with Crippen LogP contribution in [-0.4, -0.2) is 32.5 Å². The Morgan fingerprint density at radius 2 is 1.88 bits per heavy atom. The minimum atomic E-state index is -0.0811. The topological polar surface area (TPSA) is 56.8 Å². The summed E-state index contributed by atoms with van der Waals surface area (Å²) in [6.45, 7) is 2.41. The summed E-state index contributed by atoms with van der Waals surface area (Å²) in [7, 11) is 0. The summed E-state index contributed by atoms with van der Waals surface area (Å²) in [4.78, 5) is 12.4. The van der Waals surface area contributed by atoms with Crippen molar-refractivity contribution in [2.45, 2.75) is 56.8 Å². The van der Waals surface area contributed by atoms with Gasteiger partial charge in [-0.15, -0.1) is 0 Å². The number of carbonyl (C=O) groups excluding carboxylic acids is 1. The maximum Gasteiger partial charge on any atom is 0.231 e. The number of benzene rings is 1. The van der Waals surface area contributed by atoms with Crippen molar-refractivity contribution in [2.24, 2.45) is 5.92 Å². The number of nitrogens with one attached hydrogen (secondary N) is 1. The summed E-state index contributed by atoms with van der Waals surface area (Å²) < 4.78 is 16.6. The van der Waals surface area contributed by atoms with E-state index in [1.165, 1.54) is 31.2 Å². The number of fused-ring (bicyclic) bond motifs is 1. The molecule has 2 heterocycles. The van der Waals surface area contributed by atoms with Crippen molar-refractivity contribution in [3.05, 3.63) is 23.8 Å². The molecule has 26 heavy (non-hydrogen) atoms. The van der Waals surface area contributed by atoms with Crippen molar-refractivity contribution >= 4 is 5.91 Å². The summed E-state index contributed by atoms with van der Waals surface area (Å²) in [5.74, 6) is 2.55. The first-order valence-corrected chi connectivity index (χ1v) is 10.00. The van der Waals surface area contributed by atoms with Crippen LogP contribution in [0.4, 0.5) is 0 Å². The van der Waals surface area contributed by atoms with Gasteiger partial charge >= 0.3 is 0 Å². The highest BCUT2D eigenvalue weighted by Crippen LogP contribution is 2.40. The second-order valence-corrected chi connectivity index (χ2v) is 7.93. The van der Waals surface area contributed by atoms with Crippen LogP contribution in [0.15, 0.2) is 18.2 Å². The van der Waals surface area contributed by atoms with Crippen LogP contribution in [0.1, 0.15) is 56.9 Å². The second kappa shape index (κ2) is 7.87. The summed E-state index contributed by atoms with van der Waals surface area (Å²) in [6, 6.07) is 6.18. The van der Waals surface area contributed by atoms with Crippen LogP contribution in [0.2, 0.25) is 0 Å². The molecule has 4 rings (SSSR count). The van der Waals surface area contributed by atoms with Gasteiger partial charge in [0.25, 0.3) is 0 Å². The summed E-state index contributed by atoms with van der Waals surface area (Å²) in [5, 5.41) is 3.22. The first-order valence-electron chi connectivity index (χ1n) is 10.00. The lowest BCUT2D eigenvalue weighted by Gasteiger charge is -2.38. The maximum atomic E-state index is 12.4. The molecule has 1 amide bonds. The molecular weight excluding hydrogens is 330 g/mol. The van der Waals surface area contributed by atoms with E-state index in [0.717, 1.165) is 49.9 Å². The predicted octanol–water partition coefficient (Wildman–Crippen LogP) is 3.55. The molecule has 0 spiro atoms. The lowest BCUT2D eigenvalue weighted by Crippen LogP contribution is -2.44. The van der Waals surface area contributed by atoms with Crippen LogP contribution >= 0.6 is 0 Å². The zero-order valence-corrected chi connectivity index (χ0v) is 15.4. The number of rotatable bonds is 6. The number of carbonyl (C=O) groups is 1. The minimum Gasteiger partial charge on any atom is -0.454 e. The van der Waals surface area contributed by atoms with E-state index in [2.05, 4.69) is 17.4 Å². The molecule has 2 fully saturated rings. The van der Waals surface area contributed by atoms with E-state index >= 15 is 0 Å². The van der Waals surface area contributed by atoms with Gasteiger partial charge in [0.05, 0.1) is 0 Å². The van der Waals surface area contributed by atoms with Gasteiger partial charge in [0.1, 0.15) is 0 Å². The molecule has 1 saturated carbocycles. The van der Waals surface area contributed by atoms with Gasteiger partial charge in [-0.25, -0.2) is 0 Å². The van der Waals surface area contributed by atoms with E-state index in [9.17, 15) is 4.79 Å². The van der Waals surface area contributed by atoms with Crippen LogP contribution in [-0.2, 0) is 14.9 Å². The summed E-state index contributed by atoms with van der Waals surface area (Å²) in [6.07, 6.45) is 8.77. The Labute approximate surface area is 155 Å². The molecule has 1 aliphatic carbocycles. The first-order chi connectivity index (χ1) is 12.8. The zero-order chi connectivity index (χ0) is 17.8. The van der Waals surface area contributed by atoms with E-state index < -0.39 is 0 Å². The van der Waals surface area contributed by atoms with Crippen LogP contribution in [0.5, 0.6) is 11.5 Å². The van der Waals surface area contributed by atoms with Gasteiger partial charge in [-0.1, -0.05) is 31.7 Å². The van der Waals surface area contributed by atoms with Crippen molar-refractivity contribution in [2.75, 3.05) is 26.6 Å². The van der Waals surface area contributed by atoms with Gasteiger partial charge in [-0.3, -0.25) is 4.79 Å². The molecule has 0 unspecified atom stereocenters. The molecule has 2 aliphatic heterocycles. The third-order valence-electron chi connectivity index (χ3n) is 6.31. The van der Waals surface area contributed by atoms with E-state index in [1.807, 2.05) is 6.07 Å². The van der Waals surface area contributed by atoms with E-state index in [0.29, 0.717) is 13.0 Å². The fraction of sp³-hybridized carbons (Fsp3) is 0.667. The molecule has 1 aromatic carbocycles. The Hall–Kier alpha value is -1.75. The molecule has 5 heteroatoms. The Morgan fingerprint density at radius 1 is 1.12 bits per heavy atom. The summed E-state index contributed by atoms with van der Waals surface area (Å²) >= 11 is 0. The second-order valence-electron chi connectivity index (χ2n) is 7.93. The lowest BCUT2D eigenvalue weighted by atomic mass is 9.74. The fourth-order valence-corrected chi connectivity index (χ4v) is 4.55. The van der Waals surface area contributed by atoms with Crippen molar-refractivity contribution < 1.29 is 19.0 Å². The molecule has 1 aromatic rings. The Kier molecular flexibility index (Phi) is 5.34. The van der Waals surface area contributed by atoms with Crippen molar-refractivity contribution in [3.8, 4) is 11.5 Å². The molecule has 1 N–H and O–H groups in total. The van der Waals surface area contributed by atoms with Gasteiger partial charge in [0.15, 0.2) is 11.5 Å². The molecule has 1 saturated heterocycles. The molecular formula is C21H29NO4. The zero-order valence-electron chi connectivity index (χ0n) is 15.4. The van der Waals surface area contributed by atoms with Gasteiger partial charge in [-0.2, -0.15) is 0 Å². The largest absolute Gasteiger partial charge is 0.454 e. The van der Waals surface area contributed by atoms with Gasteiger partial charge in [-0.05, 0) is 42.9 Å². The summed E-state index contributed by atoms with van der Waals surface area (Å²) in [5.41, 5.74) is 1.13. The van der Waals surface area contributed by atoms with Crippen molar-refractivity contribution in [1.82, 2.24) is 5.32 Å². The lowest BCUT2D eigenvalue weighted by molar-refractivity contribution is -0.121. The highest BCUT2D eigenvalue weighted by Gasteiger charge is 2.36. The van der Waals surface area contributed by atoms with Gasteiger partial charge in [0.2, 0.25) is 12.7 Å². The van der Waals surface area contributed by atoms with E-state index in [-0.39, 0.29) is 18.1 Å². The Morgan fingerprint density at radius 3 is 2.69 bits per heavy atom. The molecule has 3 aliphatic rings. The quantitative estimate of drug-likeness (QED) is 0.844. The fourth-order valence-electron chi connectivity index (χ4n) is 4.55. The molecule has 0 aromatic heterocycles. The first kappa shape index (κ1) is 17.7. The maximum absolute atomic E-state index is 12.4. The third kappa shape index (κ3) is 3.83. The van der Waals surface area contributed by atoms with Crippen LogP contribution in [0, 0.1) is 5.92 Å². The van der Waals surface area contributed by atoms with Crippen LogP contribution in [0.25, 0.3) is 0 Å². The normalized spacial score (nSPS) is 21.7. The average Bonchev–Trinajstić information content (AvgIpc) is 3.36. The number of hydrogen-bond donors (Lipinski definition) is 1. The molecule has 142 valence electrons. The monoisotopic (exact) mass is 359 g/mol. The third-order valence-corrected chi connectivity index (χ3v) is 6.31. The SMILES string of the molecule is O=C(CCC1CCCC1)NCC1(c2ccc3c(c2)OCO3)CCOCC1. The number of ether oxygens (including phenoxy) is 3. The smallest absolute Gasteiger partial charge is 0.231 e. The molecule has 0 bridgehead atoms. The van der Waals surface area contributed by atoms with Crippen LogP contribution in [0.3, 0.4) is 0 Å². The Bertz CT molecular complexity index is 633.